The molecule has 0 aliphatic heterocycles. The fourth-order valence-electron chi connectivity index (χ4n) is 1.91. The van der Waals surface area contributed by atoms with Crippen molar-refractivity contribution in [1.29, 1.82) is 0 Å². The van der Waals surface area contributed by atoms with E-state index in [0.717, 1.165) is 16.4 Å². The summed E-state index contributed by atoms with van der Waals surface area (Å²) in [4.78, 5) is 16.4. The lowest BCUT2D eigenvalue weighted by Crippen LogP contribution is -2.17. The summed E-state index contributed by atoms with van der Waals surface area (Å²) in [6.07, 6.45) is 5.73. The highest BCUT2D eigenvalue weighted by molar-refractivity contribution is 14.1. The molecule has 6 heteroatoms. The van der Waals surface area contributed by atoms with E-state index in [-0.39, 0.29) is 5.91 Å². The summed E-state index contributed by atoms with van der Waals surface area (Å²) in [5.41, 5.74) is 0.591. The Labute approximate surface area is 129 Å². The Morgan fingerprint density at radius 3 is 2.89 bits per heavy atom. The SMILES string of the molecule is O=C(Nc1ccc(I)cn1)c1cc(Cl)cn1C1CC1. The van der Waals surface area contributed by atoms with Crippen molar-refractivity contribution in [1.82, 2.24) is 9.55 Å². The van der Waals surface area contributed by atoms with Crippen LogP contribution in [-0.4, -0.2) is 15.5 Å². The maximum Gasteiger partial charge on any atom is 0.273 e. The molecule has 4 nitrogen and oxygen atoms in total. The molecule has 1 saturated carbocycles. The van der Waals surface area contributed by atoms with Crippen molar-refractivity contribution < 1.29 is 4.79 Å². The number of halogens is 2. The minimum absolute atomic E-state index is 0.174. The third kappa shape index (κ3) is 2.92. The minimum Gasteiger partial charge on any atom is -0.339 e. The van der Waals surface area contributed by atoms with E-state index >= 15 is 0 Å². The van der Waals surface area contributed by atoms with Crippen molar-refractivity contribution in [3.63, 3.8) is 0 Å². The van der Waals surface area contributed by atoms with Crippen molar-refractivity contribution in [3.8, 4) is 0 Å². The summed E-state index contributed by atoms with van der Waals surface area (Å²) < 4.78 is 2.98. The highest BCUT2D eigenvalue weighted by atomic mass is 127. The minimum atomic E-state index is -0.174. The molecule has 2 aromatic rings. The molecule has 0 atom stereocenters. The van der Waals surface area contributed by atoms with Gasteiger partial charge in [-0.3, -0.25) is 4.79 Å². The van der Waals surface area contributed by atoms with Crippen LogP contribution in [0.2, 0.25) is 5.02 Å². The number of amides is 1. The molecule has 98 valence electrons. The quantitative estimate of drug-likeness (QED) is 0.816. The van der Waals surface area contributed by atoms with Gasteiger partial charge in [0.15, 0.2) is 0 Å². The van der Waals surface area contributed by atoms with E-state index in [2.05, 4.69) is 32.9 Å². The lowest BCUT2D eigenvalue weighted by molar-refractivity contribution is 0.101. The van der Waals surface area contributed by atoms with Gasteiger partial charge in [0.25, 0.3) is 5.91 Å². The molecular weight excluding hydrogens is 377 g/mol. The zero-order valence-corrected chi connectivity index (χ0v) is 12.9. The normalized spacial score (nSPS) is 14.4. The second-order valence-electron chi connectivity index (χ2n) is 4.50. The lowest BCUT2D eigenvalue weighted by Gasteiger charge is -2.08. The molecule has 0 bridgehead atoms. The molecule has 1 fully saturated rings. The van der Waals surface area contributed by atoms with Crippen molar-refractivity contribution >= 4 is 45.9 Å². The van der Waals surface area contributed by atoms with Gasteiger partial charge in [-0.1, -0.05) is 11.6 Å². The van der Waals surface area contributed by atoms with Crippen LogP contribution in [0.5, 0.6) is 0 Å². The Kier molecular flexibility index (Phi) is 3.49. The van der Waals surface area contributed by atoms with Gasteiger partial charge in [-0.15, -0.1) is 0 Å². The van der Waals surface area contributed by atoms with Gasteiger partial charge in [0, 0.05) is 22.0 Å². The number of anilines is 1. The first kappa shape index (κ1) is 12.9. The molecule has 1 aliphatic rings. The van der Waals surface area contributed by atoms with Gasteiger partial charge in [0.2, 0.25) is 0 Å². The second-order valence-corrected chi connectivity index (χ2v) is 6.18. The van der Waals surface area contributed by atoms with E-state index in [1.54, 1.807) is 18.3 Å². The number of pyridine rings is 1. The van der Waals surface area contributed by atoms with E-state index in [4.69, 9.17) is 11.6 Å². The molecule has 2 aromatic heterocycles. The average molecular weight is 388 g/mol. The van der Waals surface area contributed by atoms with Gasteiger partial charge >= 0.3 is 0 Å². The second kappa shape index (κ2) is 5.13. The predicted octanol–water partition coefficient (Wildman–Crippen LogP) is 3.73. The molecule has 3 rings (SSSR count). The highest BCUT2D eigenvalue weighted by Crippen LogP contribution is 2.37. The predicted molar refractivity (Wildman–Crippen MR) is 82.6 cm³/mol. The summed E-state index contributed by atoms with van der Waals surface area (Å²) >= 11 is 8.16. The van der Waals surface area contributed by atoms with Gasteiger partial charge in [0.05, 0.1) is 5.02 Å². The molecule has 0 aromatic carbocycles. The standard InChI is InChI=1S/C13H11ClIN3O/c14-8-5-11(18(7-8)10-2-3-10)13(19)17-12-4-1-9(15)6-16-12/h1,4-7,10H,2-3H2,(H,16,17,19). The first-order valence-corrected chi connectivity index (χ1v) is 7.39. The van der Waals surface area contributed by atoms with E-state index in [9.17, 15) is 4.79 Å². The number of carbonyl (C=O) groups is 1. The van der Waals surface area contributed by atoms with Crippen LogP contribution >= 0.6 is 34.2 Å². The average Bonchev–Trinajstić information content (AvgIpc) is 3.15. The molecule has 0 spiro atoms. The van der Waals surface area contributed by atoms with Crippen molar-refractivity contribution in [2.75, 3.05) is 5.32 Å². The van der Waals surface area contributed by atoms with Gasteiger partial charge in [-0.25, -0.2) is 4.98 Å². The van der Waals surface area contributed by atoms with Crippen LogP contribution in [0.4, 0.5) is 5.82 Å². The molecule has 0 saturated heterocycles. The Morgan fingerprint density at radius 2 is 2.26 bits per heavy atom. The number of carbonyl (C=O) groups excluding carboxylic acids is 1. The van der Waals surface area contributed by atoms with Crippen LogP contribution in [0.25, 0.3) is 0 Å². The Balaban J connectivity index is 1.82. The fourth-order valence-corrected chi connectivity index (χ4v) is 2.44. The lowest BCUT2D eigenvalue weighted by atomic mass is 10.3. The maximum absolute atomic E-state index is 12.2. The number of nitrogens with zero attached hydrogens (tertiary/aromatic N) is 2. The van der Waals surface area contributed by atoms with E-state index < -0.39 is 0 Å². The van der Waals surface area contributed by atoms with E-state index in [0.29, 0.717) is 22.6 Å². The number of hydrogen-bond acceptors (Lipinski definition) is 2. The highest BCUT2D eigenvalue weighted by Gasteiger charge is 2.27. The van der Waals surface area contributed by atoms with Gasteiger partial charge < -0.3 is 9.88 Å². The first-order chi connectivity index (χ1) is 9.13. The Morgan fingerprint density at radius 1 is 1.47 bits per heavy atom. The number of nitrogens with one attached hydrogen (secondary N) is 1. The molecule has 19 heavy (non-hydrogen) atoms. The summed E-state index contributed by atoms with van der Waals surface area (Å²) in [6, 6.07) is 5.79. The Hall–Kier alpha value is -1.08. The molecule has 2 heterocycles. The van der Waals surface area contributed by atoms with Gasteiger partial charge in [0.1, 0.15) is 11.5 Å². The number of aromatic nitrogens is 2. The van der Waals surface area contributed by atoms with Crippen LogP contribution in [0.1, 0.15) is 29.4 Å². The third-order valence-corrected chi connectivity index (χ3v) is 3.80. The van der Waals surface area contributed by atoms with Crippen molar-refractivity contribution in [2.24, 2.45) is 0 Å². The third-order valence-electron chi connectivity index (χ3n) is 2.96. The molecule has 1 N–H and O–H groups in total. The smallest absolute Gasteiger partial charge is 0.273 e. The number of hydrogen-bond donors (Lipinski definition) is 1. The molecular formula is C13H11ClIN3O. The van der Waals surface area contributed by atoms with Crippen molar-refractivity contribution in [3.05, 3.63) is 44.9 Å². The summed E-state index contributed by atoms with van der Waals surface area (Å²) in [7, 11) is 0. The van der Waals surface area contributed by atoms with E-state index in [1.165, 1.54) is 0 Å². The summed E-state index contributed by atoms with van der Waals surface area (Å²) in [5.74, 6) is 0.373. The van der Waals surface area contributed by atoms with Gasteiger partial charge in [-0.2, -0.15) is 0 Å². The van der Waals surface area contributed by atoms with Crippen LogP contribution in [0.3, 0.4) is 0 Å². The van der Waals surface area contributed by atoms with Crippen LogP contribution in [0, 0.1) is 3.57 Å². The summed E-state index contributed by atoms with van der Waals surface area (Å²) in [6.45, 7) is 0. The summed E-state index contributed by atoms with van der Waals surface area (Å²) in [5, 5.41) is 3.38. The monoisotopic (exact) mass is 387 g/mol. The Bertz CT molecular complexity index is 619. The van der Waals surface area contributed by atoms with Crippen LogP contribution < -0.4 is 5.32 Å². The van der Waals surface area contributed by atoms with Crippen molar-refractivity contribution in [2.45, 2.75) is 18.9 Å². The first-order valence-electron chi connectivity index (χ1n) is 5.94. The van der Waals surface area contributed by atoms with Crippen LogP contribution in [0.15, 0.2) is 30.6 Å². The number of rotatable bonds is 3. The van der Waals surface area contributed by atoms with Crippen LogP contribution in [-0.2, 0) is 0 Å². The molecule has 0 radical (unpaired) electrons. The topological polar surface area (TPSA) is 46.9 Å². The largest absolute Gasteiger partial charge is 0.339 e. The zero-order valence-electron chi connectivity index (χ0n) is 9.94. The molecule has 1 amide bonds. The van der Waals surface area contributed by atoms with E-state index in [1.807, 2.05) is 16.8 Å². The zero-order chi connectivity index (χ0) is 13.4. The fraction of sp³-hybridized carbons (Fsp3) is 0.231. The maximum atomic E-state index is 12.2. The molecule has 1 aliphatic carbocycles. The van der Waals surface area contributed by atoms with Gasteiger partial charge in [-0.05, 0) is 53.6 Å². The molecule has 0 unspecified atom stereocenters.